The van der Waals surface area contributed by atoms with Crippen molar-refractivity contribution in [1.29, 1.82) is 0 Å². The van der Waals surface area contributed by atoms with Gasteiger partial charge in [-0.2, -0.15) is 5.10 Å². The van der Waals surface area contributed by atoms with E-state index in [1.54, 1.807) is 12.5 Å². The predicted octanol–water partition coefficient (Wildman–Crippen LogP) is 1.99. The number of rotatable bonds is 6. The summed E-state index contributed by atoms with van der Waals surface area (Å²) in [4.78, 5) is 26.6. The molecule has 2 N–H and O–H groups in total. The van der Waals surface area contributed by atoms with Gasteiger partial charge in [0.05, 0.1) is 6.33 Å². The monoisotopic (exact) mass is 340 g/mol. The first-order valence-corrected chi connectivity index (χ1v) is 9.45. The van der Waals surface area contributed by atoms with Crippen molar-refractivity contribution in [3.8, 4) is 0 Å². The van der Waals surface area contributed by atoms with Crippen LogP contribution < -0.4 is 0 Å². The smallest absolute Gasteiger partial charge is 0.222 e. The second-order valence-corrected chi connectivity index (χ2v) is 7.84. The maximum Gasteiger partial charge on any atom is 0.222 e. The summed E-state index contributed by atoms with van der Waals surface area (Å²) in [7, 11) is 0. The number of amides is 1. The third-order valence-electron chi connectivity index (χ3n) is 5.92. The van der Waals surface area contributed by atoms with Crippen molar-refractivity contribution < 1.29 is 4.79 Å². The largest absolute Gasteiger partial charge is 0.348 e. The molecule has 3 aliphatic rings. The maximum atomic E-state index is 12.7. The van der Waals surface area contributed by atoms with Gasteiger partial charge in [-0.3, -0.25) is 9.89 Å². The molecule has 2 atom stereocenters. The highest BCUT2D eigenvalue weighted by atomic mass is 16.2. The first kappa shape index (κ1) is 15.1. The van der Waals surface area contributed by atoms with Crippen LogP contribution in [0.5, 0.6) is 0 Å². The Morgan fingerprint density at radius 1 is 1.24 bits per heavy atom. The summed E-state index contributed by atoms with van der Waals surface area (Å²) < 4.78 is 0. The highest BCUT2D eigenvalue weighted by Crippen LogP contribution is 2.47. The molecule has 1 aliphatic heterocycles. The quantitative estimate of drug-likeness (QED) is 0.841. The lowest BCUT2D eigenvalue weighted by molar-refractivity contribution is -0.130. The molecule has 0 aromatic carbocycles. The lowest BCUT2D eigenvalue weighted by atomic mass is 9.91. The summed E-state index contributed by atoms with van der Waals surface area (Å²) >= 11 is 0. The van der Waals surface area contributed by atoms with Gasteiger partial charge >= 0.3 is 0 Å². The van der Waals surface area contributed by atoms with Crippen molar-refractivity contribution in [3.05, 3.63) is 29.9 Å². The third-order valence-corrected chi connectivity index (χ3v) is 5.92. The third kappa shape index (κ3) is 3.07. The molecule has 5 rings (SSSR count). The van der Waals surface area contributed by atoms with E-state index in [1.165, 1.54) is 25.7 Å². The number of nitrogens with zero attached hydrogens (tertiary/aromatic N) is 4. The molecule has 3 heterocycles. The molecular weight excluding hydrogens is 316 g/mol. The van der Waals surface area contributed by atoms with Gasteiger partial charge in [-0.15, -0.1) is 0 Å². The molecule has 3 fully saturated rings. The van der Waals surface area contributed by atoms with Crippen molar-refractivity contribution in [2.75, 3.05) is 13.1 Å². The van der Waals surface area contributed by atoms with Crippen LogP contribution in [0.1, 0.15) is 61.3 Å². The second kappa shape index (κ2) is 5.97. The van der Waals surface area contributed by atoms with Crippen LogP contribution in [0, 0.1) is 11.8 Å². The molecule has 1 amide bonds. The number of H-pyrrole nitrogens is 2. The summed E-state index contributed by atoms with van der Waals surface area (Å²) in [6.07, 6.45) is 9.73. The van der Waals surface area contributed by atoms with Gasteiger partial charge in [0.2, 0.25) is 5.91 Å². The molecule has 0 unspecified atom stereocenters. The van der Waals surface area contributed by atoms with E-state index < -0.39 is 0 Å². The van der Waals surface area contributed by atoms with Gasteiger partial charge in [-0.1, -0.05) is 0 Å². The number of imidazole rings is 1. The molecule has 132 valence electrons. The first-order chi connectivity index (χ1) is 12.3. The Hall–Kier alpha value is -2.18. The number of nitrogens with one attached hydrogen (secondary N) is 2. The van der Waals surface area contributed by atoms with Crippen LogP contribution in [0.4, 0.5) is 0 Å². The van der Waals surface area contributed by atoms with Crippen LogP contribution in [0.25, 0.3) is 0 Å². The van der Waals surface area contributed by atoms with E-state index >= 15 is 0 Å². The number of likely N-dealkylation sites (tertiary alicyclic amines) is 1. The Balaban J connectivity index is 1.27. The number of aromatic nitrogens is 5. The zero-order valence-corrected chi connectivity index (χ0v) is 14.3. The standard InChI is InChI=1S/C18H24N6O/c25-16(6-5-13-7-19-10-20-13)24-8-14(11-1-2-11)15(9-24)18-21-17(22-23-18)12-3-4-12/h7,10-12,14-15H,1-6,8-9H2,(H,19,20)(H,21,22,23)/t14-,15+/m1/s1. The van der Waals surface area contributed by atoms with E-state index in [-0.39, 0.29) is 5.91 Å². The topological polar surface area (TPSA) is 90.6 Å². The van der Waals surface area contributed by atoms with E-state index in [2.05, 4.69) is 20.2 Å². The summed E-state index contributed by atoms with van der Waals surface area (Å²) in [6.45, 7) is 1.65. The van der Waals surface area contributed by atoms with Crippen molar-refractivity contribution in [3.63, 3.8) is 0 Å². The zero-order valence-electron chi connectivity index (χ0n) is 14.3. The van der Waals surface area contributed by atoms with Crippen LogP contribution in [0.15, 0.2) is 12.5 Å². The number of carbonyl (C=O) groups excluding carboxylic acids is 1. The van der Waals surface area contributed by atoms with Crippen molar-refractivity contribution in [1.82, 2.24) is 30.0 Å². The van der Waals surface area contributed by atoms with Gasteiger partial charge in [-0.25, -0.2) is 9.97 Å². The fourth-order valence-corrected chi connectivity index (χ4v) is 4.12. The summed E-state index contributed by atoms with van der Waals surface area (Å²) in [5.74, 6) is 4.41. The molecule has 7 nitrogen and oxygen atoms in total. The fourth-order valence-electron chi connectivity index (χ4n) is 4.12. The molecule has 2 saturated carbocycles. The Morgan fingerprint density at radius 3 is 2.84 bits per heavy atom. The Morgan fingerprint density at radius 2 is 2.12 bits per heavy atom. The molecular formula is C18H24N6O. The zero-order chi connectivity index (χ0) is 16.8. The van der Waals surface area contributed by atoms with Crippen LogP contribution >= 0.6 is 0 Å². The SMILES string of the molecule is O=C(CCc1cnc[nH]1)N1C[C@H](c2nc(C3CC3)n[nH]2)[C@@H](C2CC2)C1. The Labute approximate surface area is 146 Å². The molecule has 7 heteroatoms. The fraction of sp³-hybridized carbons (Fsp3) is 0.667. The number of aryl methyl sites for hydroxylation is 1. The Bertz CT molecular complexity index is 745. The van der Waals surface area contributed by atoms with E-state index in [4.69, 9.17) is 4.98 Å². The molecule has 0 bridgehead atoms. The van der Waals surface area contributed by atoms with Gasteiger partial charge in [0.25, 0.3) is 0 Å². The molecule has 2 aliphatic carbocycles. The highest BCUT2D eigenvalue weighted by molar-refractivity contribution is 5.76. The minimum atomic E-state index is 0.240. The van der Waals surface area contributed by atoms with E-state index in [9.17, 15) is 4.79 Å². The van der Waals surface area contributed by atoms with Gasteiger partial charge in [-0.05, 0) is 43.9 Å². The lowest BCUT2D eigenvalue weighted by Gasteiger charge is -2.16. The van der Waals surface area contributed by atoms with Crippen LogP contribution in [-0.4, -0.2) is 49.0 Å². The second-order valence-electron chi connectivity index (χ2n) is 7.84. The maximum absolute atomic E-state index is 12.7. The number of aromatic amines is 2. The van der Waals surface area contributed by atoms with Crippen molar-refractivity contribution >= 4 is 5.91 Å². The van der Waals surface area contributed by atoms with Gasteiger partial charge in [0.1, 0.15) is 5.82 Å². The van der Waals surface area contributed by atoms with Gasteiger partial charge in [0, 0.05) is 43.2 Å². The highest BCUT2D eigenvalue weighted by Gasteiger charge is 2.45. The average molecular weight is 340 g/mol. The number of carbonyl (C=O) groups is 1. The van der Waals surface area contributed by atoms with E-state index in [0.29, 0.717) is 24.2 Å². The van der Waals surface area contributed by atoms with Crippen LogP contribution in [-0.2, 0) is 11.2 Å². The van der Waals surface area contributed by atoms with Crippen LogP contribution in [0.2, 0.25) is 0 Å². The molecule has 2 aromatic rings. The van der Waals surface area contributed by atoms with Crippen LogP contribution in [0.3, 0.4) is 0 Å². The summed E-state index contributed by atoms with van der Waals surface area (Å²) in [6, 6.07) is 0. The molecule has 25 heavy (non-hydrogen) atoms. The van der Waals surface area contributed by atoms with Crippen molar-refractivity contribution in [2.45, 2.75) is 50.4 Å². The number of hydrogen-bond donors (Lipinski definition) is 2. The number of hydrogen-bond acceptors (Lipinski definition) is 4. The lowest BCUT2D eigenvalue weighted by Crippen LogP contribution is -2.29. The minimum absolute atomic E-state index is 0.240. The molecule has 0 spiro atoms. The van der Waals surface area contributed by atoms with E-state index in [0.717, 1.165) is 42.8 Å². The predicted molar refractivity (Wildman–Crippen MR) is 90.8 cm³/mol. The minimum Gasteiger partial charge on any atom is -0.348 e. The summed E-state index contributed by atoms with van der Waals surface area (Å²) in [5.41, 5.74) is 1.02. The summed E-state index contributed by atoms with van der Waals surface area (Å²) in [5, 5.41) is 7.61. The molecule has 2 aromatic heterocycles. The van der Waals surface area contributed by atoms with E-state index in [1.807, 2.05) is 4.90 Å². The molecule has 1 saturated heterocycles. The van der Waals surface area contributed by atoms with Crippen molar-refractivity contribution in [2.24, 2.45) is 11.8 Å². The van der Waals surface area contributed by atoms with Gasteiger partial charge < -0.3 is 9.88 Å². The normalized spacial score (nSPS) is 26.3. The average Bonchev–Trinajstić information content (AvgIpc) is 3.49. The first-order valence-electron chi connectivity index (χ1n) is 9.45. The van der Waals surface area contributed by atoms with Gasteiger partial charge in [0.15, 0.2) is 5.82 Å². The Kier molecular flexibility index (Phi) is 3.60. The molecule has 0 radical (unpaired) electrons.